The summed E-state index contributed by atoms with van der Waals surface area (Å²) in [4.78, 5) is 43.1. The zero-order valence-corrected chi connectivity index (χ0v) is 12.1. The highest BCUT2D eigenvalue weighted by Gasteiger charge is 2.19. The van der Waals surface area contributed by atoms with Crippen LogP contribution in [-0.2, 0) is 13.1 Å². The van der Waals surface area contributed by atoms with Crippen molar-refractivity contribution in [2.24, 2.45) is 0 Å². The van der Waals surface area contributed by atoms with Crippen LogP contribution in [0.4, 0.5) is 0 Å². The number of furan rings is 1. The maximum absolute atomic E-state index is 12.6. The first-order valence-electron chi connectivity index (χ1n) is 6.90. The number of hydrogen-bond donors (Lipinski definition) is 1. The molecule has 0 aromatic carbocycles. The maximum atomic E-state index is 12.6. The lowest BCUT2D eigenvalue weighted by Crippen LogP contribution is -2.40. The largest absolute Gasteiger partial charge is 0.463 e. The molecule has 0 bridgehead atoms. The molecule has 0 amide bonds. The Labute approximate surface area is 123 Å². The van der Waals surface area contributed by atoms with Gasteiger partial charge in [-0.1, -0.05) is 0 Å². The number of nitrogens with zero attached hydrogens (tertiary/aromatic N) is 3. The second-order valence-corrected chi connectivity index (χ2v) is 4.67. The van der Waals surface area contributed by atoms with Gasteiger partial charge in [-0.25, -0.2) is 9.59 Å². The first kappa shape index (κ1) is 14.1. The fourth-order valence-corrected chi connectivity index (χ4v) is 2.49. The summed E-state index contributed by atoms with van der Waals surface area (Å²) in [6, 6.07) is 3.27. The van der Waals surface area contributed by atoms with Gasteiger partial charge in [0.25, 0.3) is 5.56 Å². The van der Waals surface area contributed by atoms with Crippen molar-refractivity contribution in [2.75, 3.05) is 0 Å². The lowest BCUT2D eigenvalue weighted by atomic mass is 10.2. The van der Waals surface area contributed by atoms with Gasteiger partial charge in [-0.3, -0.25) is 13.9 Å². The van der Waals surface area contributed by atoms with Crippen LogP contribution in [0.25, 0.3) is 22.5 Å². The third kappa shape index (κ3) is 1.92. The first-order valence-corrected chi connectivity index (χ1v) is 6.90. The molecule has 0 spiro atoms. The molecule has 22 heavy (non-hydrogen) atoms. The molecule has 1 N–H and O–H groups in total. The Morgan fingerprint density at radius 2 is 1.91 bits per heavy atom. The standard InChI is InChI=1S/C14H14N4O4/c1-3-17-11-9(12(19)18(4-2)14(17)21)10(15-13(20)16-11)8-6-5-7-22-8/h5-7H,3-4H2,1-2H3,(H,15,16,20). The van der Waals surface area contributed by atoms with E-state index in [4.69, 9.17) is 4.42 Å². The van der Waals surface area contributed by atoms with Crippen molar-refractivity contribution in [1.29, 1.82) is 0 Å². The van der Waals surface area contributed by atoms with Crippen LogP contribution in [0.1, 0.15) is 13.8 Å². The van der Waals surface area contributed by atoms with Crippen LogP contribution in [0.3, 0.4) is 0 Å². The number of aromatic amines is 1. The van der Waals surface area contributed by atoms with Crippen molar-refractivity contribution in [3.63, 3.8) is 0 Å². The lowest BCUT2D eigenvalue weighted by molar-refractivity contribution is 0.578. The van der Waals surface area contributed by atoms with E-state index in [0.717, 1.165) is 4.57 Å². The van der Waals surface area contributed by atoms with E-state index in [1.54, 1.807) is 26.0 Å². The first-order chi connectivity index (χ1) is 10.6. The average Bonchev–Trinajstić information content (AvgIpc) is 3.01. The van der Waals surface area contributed by atoms with Crippen LogP contribution < -0.4 is 16.9 Å². The molecule has 8 heteroatoms. The van der Waals surface area contributed by atoms with Crippen molar-refractivity contribution in [2.45, 2.75) is 26.9 Å². The van der Waals surface area contributed by atoms with E-state index in [-0.39, 0.29) is 23.3 Å². The predicted octanol–water partition coefficient (Wildman–Crippen LogP) is 0.546. The van der Waals surface area contributed by atoms with E-state index in [2.05, 4.69) is 9.97 Å². The van der Waals surface area contributed by atoms with Gasteiger partial charge < -0.3 is 9.40 Å². The molecule has 0 aliphatic carbocycles. The summed E-state index contributed by atoms with van der Waals surface area (Å²) < 4.78 is 7.70. The normalized spacial score (nSPS) is 11.2. The minimum atomic E-state index is -0.644. The highest BCUT2D eigenvalue weighted by Crippen LogP contribution is 2.21. The molecule has 3 rings (SSSR count). The minimum Gasteiger partial charge on any atom is -0.463 e. The molecule has 0 aliphatic heterocycles. The summed E-state index contributed by atoms with van der Waals surface area (Å²) in [7, 11) is 0. The average molecular weight is 302 g/mol. The Morgan fingerprint density at radius 1 is 1.18 bits per heavy atom. The van der Waals surface area contributed by atoms with Crippen molar-refractivity contribution in [3.05, 3.63) is 49.7 Å². The summed E-state index contributed by atoms with van der Waals surface area (Å²) in [6.45, 7) is 3.98. The molecule has 0 radical (unpaired) electrons. The van der Waals surface area contributed by atoms with Gasteiger partial charge in [0, 0.05) is 13.1 Å². The summed E-state index contributed by atoms with van der Waals surface area (Å²) in [5.74, 6) is 0.338. The van der Waals surface area contributed by atoms with E-state index in [1.807, 2.05) is 0 Å². The molecule has 0 aliphatic rings. The van der Waals surface area contributed by atoms with Crippen molar-refractivity contribution < 1.29 is 4.42 Å². The molecule has 0 saturated carbocycles. The van der Waals surface area contributed by atoms with Gasteiger partial charge in [-0.2, -0.15) is 4.98 Å². The van der Waals surface area contributed by atoms with Crippen LogP contribution in [0.2, 0.25) is 0 Å². The maximum Gasteiger partial charge on any atom is 0.347 e. The number of aromatic nitrogens is 4. The molecule has 0 fully saturated rings. The Hall–Kier alpha value is -2.90. The summed E-state index contributed by atoms with van der Waals surface area (Å²) in [5, 5.41) is 0.165. The van der Waals surface area contributed by atoms with Gasteiger partial charge in [-0.15, -0.1) is 0 Å². The molecule has 8 nitrogen and oxygen atoms in total. The topological polar surface area (TPSA) is 103 Å². The van der Waals surface area contributed by atoms with Crippen LogP contribution in [0, 0.1) is 0 Å². The third-order valence-electron chi connectivity index (χ3n) is 3.49. The second kappa shape index (κ2) is 5.14. The van der Waals surface area contributed by atoms with E-state index >= 15 is 0 Å². The zero-order chi connectivity index (χ0) is 15.9. The number of fused-ring (bicyclic) bond motifs is 1. The minimum absolute atomic E-state index is 0.0670. The lowest BCUT2D eigenvalue weighted by Gasteiger charge is -2.11. The monoisotopic (exact) mass is 302 g/mol. The van der Waals surface area contributed by atoms with Crippen LogP contribution >= 0.6 is 0 Å². The molecule has 114 valence electrons. The molecule has 0 saturated heterocycles. The quantitative estimate of drug-likeness (QED) is 0.761. The van der Waals surface area contributed by atoms with E-state index in [0.29, 0.717) is 12.3 Å². The van der Waals surface area contributed by atoms with Gasteiger partial charge in [0.05, 0.1) is 6.26 Å². The number of nitrogens with one attached hydrogen (secondary N) is 1. The van der Waals surface area contributed by atoms with Gasteiger partial charge in [-0.05, 0) is 26.0 Å². The van der Waals surface area contributed by atoms with Gasteiger partial charge >= 0.3 is 11.4 Å². The summed E-state index contributed by atoms with van der Waals surface area (Å²) >= 11 is 0. The highest BCUT2D eigenvalue weighted by molar-refractivity contribution is 5.87. The van der Waals surface area contributed by atoms with E-state index in [1.165, 1.54) is 10.8 Å². The van der Waals surface area contributed by atoms with Gasteiger partial charge in [0.1, 0.15) is 11.1 Å². The fraction of sp³-hybridized carbons (Fsp3) is 0.286. The molecule has 3 aromatic rings. The van der Waals surface area contributed by atoms with Crippen molar-refractivity contribution in [3.8, 4) is 11.5 Å². The number of aryl methyl sites for hydroxylation is 1. The Bertz CT molecular complexity index is 1010. The highest BCUT2D eigenvalue weighted by atomic mass is 16.3. The molecule has 3 heterocycles. The van der Waals surface area contributed by atoms with Crippen molar-refractivity contribution in [1.82, 2.24) is 19.1 Å². The molecular formula is C14H14N4O4. The zero-order valence-electron chi connectivity index (χ0n) is 12.1. The number of hydrogen-bond acceptors (Lipinski definition) is 5. The van der Waals surface area contributed by atoms with Crippen LogP contribution in [-0.4, -0.2) is 19.1 Å². The van der Waals surface area contributed by atoms with Crippen molar-refractivity contribution >= 4 is 11.0 Å². The van der Waals surface area contributed by atoms with E-state index in [9.17, 15) is 14.4 Å². The molecular weight excluding hydrogens is 288 g/mol. The Morgan fingerprint density at radius 3 is 2.50 bits per heavy atom. The Balaban J connectivity index is 2.62. The smallest absolute Gasteiger partial charge is 0.347 e. The predicted molar refractivity (Wildman–Crippen MR) is 79.9 cm³/mol. The van der Waals surface area contributed by atoms with E-state index < -0.39 is 16.9 Å². The molecule has 3 aromatic heterocycles. The second-order valence-electron chi connectivity index (χ2n) is 4.67. The van der Waals surface area contributed by atoms with Crippen LogP contribution in [0.15, 0.2) is 37.2 Å². The fourth-order valence-electron chi connectivity index (χ4n) is 2.49. The van der Waals surface area contributed by atoms with Gasteiger partial charge in [0.15, 0.2) is 11.4 Å². The Kier molecular flexibility index (Phi) is 3.28. The molecule has 0 unspecified atom stereocenters. The summed E-state index contributed by atoms with van der Waals surface area (Å²) in [5.41, 5.74) is -1.32. The molecule has 0 atom stereocenters. The number of H-pyrrole nitrogens is 1. The third-order valence-corrected chi connectivity index (χ3v) is 3.49. The summed E-state index contributed by atoms with van der Waals surface area (Å²) in [6.07, 6.45) is 1.44. The SMILES string of the molecule is CCn1c(=O)c2c(-c3ccco3)[nH]c(=O)nc2n(CC)c1=O. The number of rotatable bonds is 3. The van der Waals surface area contributed by atoms with Gasteiger partial charge in [0.2, 0.25) is 0 Å². The van der Waals surface area contributed by atoms with Crippen LogP contribution in [0.5, 0.6) is 0 Å².